The number of aromatic nitrogens is 3. The number of ether oxygens (including phenoxy) is 1. The topological polar surface area (TPSA) is 107 Å². The van der Waals surface area contributed by atoms with Crippen molar-refractivity contribution in [3.8, 4) is 11.4 Å². The van der Waals surface area contributed by atoms with E-state index in [9.17, 15) is 31.2 Å². The summed E-state index contributed by atoms with van der Waals surface area (Å²) in [6, 6.07) is 15.8. The minimum Gasteiger partial charge on any atom is -0.497 e. The van der Waals surface area contributed by atoms with Crippen LogP contribution < -0.4 is 15.3 Å². The number of halogens is 3. The van der Waals surface area contributed by atoms with E-state index in [-0.39, 0.29) is 54.0 Å². The van der Waals surface area contributed by atoms with Crippen molar-refractivity contribution in [1.82, 2.24) is 18.4 Å². The molecule has 214 valence electrons. The number of rotatable bonds is 6. The van der Waals surface area contributed by atoms with Gasteiger partial charge in [0.25, 0.3) is 15.9 Å². The Balaban J connectivity index is 1.50. The highest BCUT2D eigenvalue weighted by atomic mass is 32.2. The van der Waals surface area contributed by atoms with Crippen LogP contribution in [0.15, 0.2) is 88.8 Å². The number of piperazine rings is 1. The number of hydrogen-bond acceptors (Lipinski definition) is 7. The number of nitrogens with zero attached hydrogens (tertiary/aromatic N) is 5. The Bertz CT molecular complexity index is 1740. The fourth-order valence-corrected chi connectivity index (χ4v) is 5.87. The first-order valence-corrected chi connectivity index (χ1v) is 13.8. The molecule has 41 heavy (non-hydrogen) atoms. The van der Waals surface area contributed by atoms with E-state index in [1.807, 2.05) is 0 Å². The van der Waals surface area contributed by atoms with Crippen molar-refractivity contribution >= 4 is 21.7 Å². The van der Waals surface area contributed by atoms with Gasteiger partial charge in [-0.15, -0.1) is 0 Å². The highest BCUT2D eigenvalue weighted by molar-refractivity contribution is 7.90. The molecule has 14 heteroatoms. The normalized spacial score (nSPS) is 14.2. The molecule has 1 saturated heterocycles. The van der Waals surface area contributed by atoms with Crippen LogP contribution in [0.4, 0.5) is 19.0 Å². The third-order valence-electron chi connectivity index (χ3n) is 6.65. The van der Waals surface area contributed by atoms with E-state index in [2.05, 4.69) is 4.98 Å². The zero-order valence-corrected chi connectivity index (χ0v) is 22.5. The second kappa shape index (κ2) is 10.8. The van der Waals surface area contributed by atoms with Crippen molar-refractivity contribution in [2.75, 3.05) is 38.2 Å². The van der Waals surface area contributed by atoms with Gasteiger partial charge in [0, 0.05) is 38.4 Å². The SMILES string of the molecule is COc1cccc(S(=O)(=O)n2cc(C(=O)N3CCN(c4ncccc4C(F)(F)F)CC3)n(-c3ccccc3)c2=O)c1. The first kappa shape index (κ1) is 28.0. The average molecular weight is 588 g/mol. The summed E-state index contributed by atoms with van der Waals surface area (Å²) in [4.78, 5) is 33.8. The molecule has 1 aliphatic rings. The van der Waals surface area contributed by atoms with E-state index >= 15 is 0 Å². The number of benzene rings is 2. The van der Waals surface area contributed by atoms with Crippen LogP contribution >= 0.6 is 0 Å². The molecule has 0 N–H and O–H groups in total. The molecular formula is C27H24F3N5O5S. The summed E-state index contributed by atoms with van der Waals surface area (Å²) in [5.41, 5.74) is -1.81. The van der Waals surface area contributed by atoms with Gasteiger partial charge in [-0.1, -0.05) is 24.3 Å². The second-order valence-corrected chi connectivity index (χ2v) is 10.9. The maximum absolute atomic E-state index is 13.7. The Morgan fingerprint density at radius 3 is 2.32 bits per heavy atom. The van der Waals surface area contributed by atoms with Crippen LogP contribution in [0, 0.1) is 0 Å². The van der Waals surface area contributed by atoms with Gasteiger partial charge in [-0.2, -0.15) is 17.1 Å². The highest BCUT2D eigenvalue weighted by Gasteiger charge is 2.37. The number of carbonyl (C=O) groups excluding carboxylic acids is 1. The van der Waals surface area contributed by atoms with Crippen molar-refractivity contribution in [1.29, 1.82) is 0 Å². The van der Waals surface area contributed by atoms with Crippen LogP contribution in [0.1, 0.15) is 16.1 Å². The molecule has 5 rings (SSSR count). The molecule has 2 aromatic carbocycles. The molecule has 0 atom stereocenters. The predicted octanol–water partition coefficient (Wildman–Crippen LogP) is 3.26. The number of methoxy groups -OCH3 is 1. The minimum absolute atomic E-state index is 0.0174. The van der Waals surface area contributed by atoms with E-state index in [1.165, 1.54) is 47.4 Å². The summed E-state index contributed by atoms with van der Waals surface area (Å²) in [5.74, 6) is -0.622. The van der Waals surface area contributed by atoms with Gasteiger partial charge in [0.2, 0.25) is 0 Å². The van der Waals surface area contributed by atoms with Gasteiger partial charge in [0.1, 0.15) is 17.3 Å². The third kappa shape index (κ3) is 5.29. The molecule has 0 saturated carbocycles. The quantitative estimate of drug-likeness (QED) is 0.341. The van der Waals surface area contributed by atoms with Crippen LogP contribution in [-0.4, -0.2) is 66.0 Å². The molecule has 3 heterocycles. The number of anilines is 1. The fraction of sp³-hybridized carbons (Fsp3) is 0.222. The van der Waals surface area contributed by atoms with Crippen LogP contribution in [-0.2, 0) is 16.2 Å². The van der Waals surface area contributed by atoms with Gasteiger partial charge in [0.05, 0.1) is 29.5 Å². The summed E-state index contributed by atoms with van der Waals surface area (Å²) in [5, 5.41) is 0. The molecule has 0 bridgehead atoms. The molecule has 10 nitrogen and oxygen atoms in total. The van der Waals surface area contributed by atoms with Gasteiger partial charge in [-0.05, 0) is 36.4 Å². The number of imidazole rings is 1. The van der Waals surface area contributed by atoms with E-state index < -0.39 is 33.4 Å². The summed E-state index contributed by atoms with van der Waals surface area (Å²) < 4.78 is 74.2. The first-order valence-electron chi connectivity index (χ1n) is 12.4. The lowest BCUT2D eigenvalue weighted by atomic mass is 10.2. The lowest BCUT2D eigenvalue weighted by Gasteiger charge is -2.36. The van der Waals surface area contributed by atoms with E-state index in [4.69, 9.17) is 4.74 Å². The highest BCUT2D eigenvalue weighted by Crippen LogP contribution is 2.35. The monoisotopic (exact) mass is 587 g/mol. The summed E-state index contributed by atoms with van der Waals surface area (Å²) in [6.07, 6.45) is -2.36. The Hall–Kier alpha value is -4.59. The van der Waals surface area contributed by atoms with Crippen LogP contribution in [0.2, 0.25) is 0 Å². The van der Waals surface area contributed by atoms with Crippen molar-refractivity contribution in [2.45, 2.75) is 11.1 Å². The number of hydrogen-bond donors (Lipinski definition) is 0. The zero-order chi connectivity index (χ0) is 29.4. The lowest BCUT2D eigenvalue weighted by Crippen LogP contribution is -2.50. The predicted molar refractivity (Wildman–Crippen MR) is 143 cm³/mol. The van der Waals surface area contributed by atoms with Crippen LogP contribution in [0.3, 0.4) is 0 Å². The number of carbonyl (C=O) groups is 1. The standard InChI is InChI=1S/C27H24F3N5O5S/c1-40-20-9-5-10-21(17-20)41(38,39)34-18-23(35(26(34)37)19-7-3-2-4-8-19)25(36)33-15-13-32(14-16-33)24-22(27(28,29)30)11-6-12-31-24/h2-12,17-18H,13-16H2,1H3. The molecule has 0 radical (unpaired) electrons. The number of para-hydroxylation sites is 1. The largest absolute Gasteiger partial charge is 0.497 e. The maximum Gasteiger partial charge on any atom is 0.419 e. The van der Waals surface area contributed by atoms with Gasteiger partial charge in [0.15, 0.2) is 0 Å². The molecule has 0 aliphatic carbocycles. The lowest BCUT2D eigenvalue weighted by molar-refractivity contribution is -0.137. The fourth-order valence-electron chi connectivity index (χ4n) is 4.60. The Morgan fingerprint density at radius 1 is 0.951 bits per heavy atom. The smallest absolute Gasteiger partial charge is 0.419 e. The summed E-state index contributed by atoms with van der Waals surface area (Å²) >= 11 is 0. The second-order valence-electron chi connectivity index (χ2n) is 9.10. The molecule has 1 amide bonds. The summed E-state index contributed by atoms with van der Waals surface area (Å²) in [7, 11) is -3.06. The minimum atomic E-state index is -4.60. The Morgan fingerprint density at radius 2 is 1.66 bits per heavy atom. The Labute approximate surface area is 232 Å². The molecule has 0 unspecified atom stereocenters. The van der Waals surface area contributed by atoms with E-state index in [0.29, 0.717) is 3.97 Å². The van der Waals surface area contributed by atoms with Crippen LogP contribution in [0.25, 0.3) is 5.69 Å². The third-order valence-corrected chi connectivity index (χ3v) is 8.28. The van der Waals surface area contributed by atoms with E-state index in [1.54, 1.807) is 36.4 Å². The van der Waals surface area contributed by atoms with Gasteiger partial charge in [-0.3, -0.25) is 9.36 Å². The molecular weight excluding hydrogens is 563 g/mol. The summed E-state index contributed by atoms with van der Waals surface area (Å²) in [6.45, 7) is 0.126. The Kier molecular flexibility index (Phi) is 7.34. The van der Waals surface area contributed by atoms with Crippen LogP contribution in [0.5, 0.6) is 5.75 Å². The average Bonchev–Trinajstić information content (AvgIpc) is 3.34. The van der Waals surface area contributed by atoms with Crippen molar-refractivity contribution in [3.05, 3.63) is 101 Å². The van der Waals surface area contributed by atoms with Gasteiger partial charge < -0.3 is 14.5 Å². The molecule has 1 fully saturated rings. The van der Waals surface area contributed by atoms with Crippen molar-refractivity contribution in [2.24, 2.45) is 0 Å². The number of alkyl halides is 3. The van der Waals surface area contributed by atoms with Crippen molar-refractivity contribution in [3.63, 3.8) is 0 Å². The van der Waals surface area contributed by atoms with Gasteiger partial charge in [-0.25, -0.2) is 18.2 Å². The van der Waals surface area contributed by atoms with E-state index in [0.717, 1.165) is 16.8 Å². The zero-order valence-electron chi connectivity index (χ0n) is 21.7. The van der Waals surface area contributed by atoms with Gasteiger partial charge >= 0.3 is 11.9 Å². The molecule has 1 aliphatic heterocycles. The number of amides is 1. The molecule has 4 aromatic rings. The number of pyridine rings is 1. The maximum atomic E-state index is 13.7. The first-order chi connectivity index (χ1) is 19.5. The molecule has 0 spiro atoms. The van der Waals surface area contributed by atoms with Crippen molar-refractivity contribution < 1.29 is 31.1 Å². The molecule has 2 aromatic heterocycles.